The first-order chi connectivity index (χ1) is 15.6. The number of halogens is 1. The third-order valence-electron chi connectivity index (χ3n) is 5.40. The number of nitrogens with zero attached hydrogens (tertiary/aromatic N) is 2. The topological polar surface area (TPSA) is 76.3 Å². The molecule has 1 atom stereocenters. The summed E-state index contributed by atoms with van der Waals surface area (Å²) in [5, 5.41) is 13.4. The van der Waals surface area contributed by atoms with Gasteiger partial charge in [-0.3, -0.25) is 4.79 Å². The minimum atomic E-state index is -0.383. The van der Waals surface area contributed by atoms with Gasteiger partial charge in [0.1, 0.15) is 24.0 Å². The van der Waals surface area contributed by atoms with Gasteiger partial charge in [0.15, 0.2) is 0 Å². The summed E-state index contributed by atoms with van der Waals surface area (Å²) in [6.45, 7) is 2.28. The summed E-state index contributed by atoms with van der Waals surface area (Å²) in [6, 6.07) is 17.7. The largest absolute Gasteiger partial charge is 0.492 e. The van der Waals surface area contributed by atoms with Crippen molar-refractivity contribution in [2.45, 2.75) is 25.5 Å². The Labute approximate surface area is 195 Å². The lowest BCUT2D eigenvalue weighted by Gasteiger charge is -2.10. The highest BCUT2D eigenvalue weighted by atomic mass is 79.9. The Balaban J connectivity index is 1.53. The van der Waals surface area contributed by atoms with E-state index in [2.05, 4.69) is 25.8 Å². The van der Waals surface area contributed by atoms with Crippen LogP contribution in [0.25, 0.3) is 17.0 Å². The lowest BCUT2D eigenvalue weighted by atomic mass is 10.1. The Morgan fingerprint density at radius 3 is 2.91 bits per heavy atom. The second kappa shape index (κ2) is 10.5. The van der Waals surface area contributed by atoms with Crippen LogP contribution in [-0.4, -0.2) is 36.3 Å². The summed E-state index contributed by atoms with van der Waals surface area (Å²) in [7, 11) is 0. The van der Waals surface area contributed by atoms with Gasteiger partial charge in [0.2, 0.25) is 0 Å². The van der Waals surface area contributed by atoms with Gasteiger partial charge in [-0.05, 0) is 49.2 Å². The van der Waals surface area contributed by atoms with Crippen molar-refractivity contribution in [3.63, 3.8) is 0 Å². The zero-order valence-electron chi connectivity index (χ0n) is 17.6. The van der Waals surface area contributed by atoms with E-state index in [4.69, 9.17) is 9.47 Å². The lowest BCUT2D eigenvalue weighted by Crippen LogP contribution is -2.32. The van der Waals surface area contributed by atoms with Crippen LogP contribution >= 0.6 is 15.9 Å². The quantitative estimate of drug-likeness (QED) is 0.364. The molecule has 0 radical (unpaired) electrons. The average Bonchev–Trinajstić information content (AvgIpc) is 3.44. The molecule has 0 unspecified atom stereocenters. The Morgan fingerprint density at radius 1 is 1.31 bits per heavy atom. The van der Waals surface area contributed by atoms with E-state index in [-0.39, 0.29) is 17.6 Å². The van der Waals surface area contributed by atoms with Crippen molar-refractivity contribution >= 4 is 38.8 Å². The van der Waals surface area contributed by atoms with Gasteiger partial charge in [-0.25, -0.2) is 0 Å². The fraction of sp³-hybridized carbons (Fsp3) is 0.280. The second-order valence-corrected chi connectivity index (χ2v) is 8.53. The van der Waals surface area contributed by atoms with E-state index in [9.17, 15) is 10.1 Å². The van der Waals surface area contributed by atoms with E-state index in [1.54, 1.807) is 6.08 Å². The van der Waals surface area contributed by atoms with Crippen molar-refractivity contribution in [3.05, 3.63) is 70.3 Å². The summed E-state index contributed by atoms with van der Waals surface area (Å²) in [5.41, 5.74) is 1.89. The molecule has 0 saturated carbocycles. The van der Waals surface area contributed by atoms with Gasteiger partial charge in [-0.15, -0.1) is 0 Å². The number of carbonyl (C=O) groups is 1. The van der Waals surface area contributed by atoms with Crippen LogP contribution in [0, 0.1) is 11.3 Å². The summed E-state index contributed by atoms with van der Waals surface area (Å²) < 4.78 is 14.4. The predicted molar refractivity (Wildman–Crippen MR) is 127 cm³/mol. The summed E-state index contributed by atoms with van der Waals surface area (Å²) in [5.74, 6) is 0.438. The number of nitriles is 1. The molecule has 2 aromatic carbocycles. The molecule has 1 aliphatic heterocycles. The van der Waals surface area contributed by atoms with E-state index in [1.165, 1.54) is 0 Å². The molecule has 32 heavy (non-hydrogen) atoms. The first-order valence-electron chi connectivity index (χ1n) is 10.6. The molecule has 7 heteroatoms. The Bertz CT molecular complexity index is 1160. The number of nitrogens with one attached hydrogen (secondary N) is 1. The van der Waals surface area contributed by atoms with E-state index in [0.29, 0.717) is 19.7 Å². The predicted octanol–water partition coefficient (Wildman–Crippen LogP) is 4.68. The fourth-order valence-corrected chi connectivity index (χ4v) is 4.15. The number of rotatable bonds is 8. The molecule has 6 nitrogen and oxygen atoms in total. The van der Waals surface area contributed by atoms with Gasteiger partial charge < -0.3 is 19.4 Å². The number of fused-ring (bicyclic) bond motifs is 1. The fourth-order valence-electron chi connectivity index (χ4n) is 3.79. The number of hydrogen-bond acceptors (Lipinski definition) is 4. The standard InChI is InChI=1S/C25H24BrN3O3/c26-20-8-9-24-23(14-20)19(17-29(24)10-12-32-21-5-2-1-3-6-21)13-18(15-27)25(30)28-16-22-7-4-11-31-22/h1-3,5-6,8-9,13-14,17,22H,4,7,10-12,16H2,(H,28,30)/b18-13+/t22-/m1/s1. The molecule has 2 heterocycles. The highest BCUT2D eigenvalue weighted by molar-refractivity contribution is 9.10. The minimum absolute atomic E-state index is 0.0291. The Kier molecular flexibility index (Phi) is 7.25. The van der Waals surface area contributed by atoms with Gasteiger partial charge in [0.05, 0.1) is 12.6 Å². The number of carbonyl (C=O) groups excluding carboxylic acids is 1. The highest BCUT2D eigenvalue weighted by Gasteiger charge is 2.18. The molecular weight excluding hydrogens is 470 g/mol. The van der Waals surface area contributed by atoms with Gasteiger partial charge in [-0.1, -0.05) is 34.1 Å². The SMILES string of the molecule is N#C/C(=C\c1cn(CCOc2ccccc2)c2ccc(Br)cc12)C(=O)NC[C@H]1CCCO1. The van der Waals surface area contributed by atoms with E-state index in [1.807, 2.05) is 60.8 Å². The highest BCUT2D eigenvalue weighted by Crippen LogP contribution is 2.27. The van der Waals surface area contributed by atoms with Crippen molar-refractivity contribution in [3.8, 4) is 11.8 Å². The van der Waals surface area contributed by atoms with E-state index >= 15 is 0 Å². The third kappa shape index (κ3) is 5.39. The second-order valence-electron chi connectivity index (χ2n) is 7.62. The van der Waals surface area contributed by atoms with Crippen LogP contribution in [-0.2, 0) is 16.1 Å². The first kappa shape index (κ1) is 22.1. The summed E-state index contributed by atoms with van der Waals surface area (Å²) in [4.78, 5) is 12.6. The molecular formula is C25H24BrN3O3. The monoisotopic (exact) mass is 493 g/mol. The van der Waals surface area contributed by atoms with Crippen LogP contribution in [0.4, 0.5) is 0 Å². The maximum Gasteiger partial charge on any atom is 0.262 e. The van der Waals surface area contributed by atoms with Crippen LogP contribution < -0.4 is 10.1 Å². The van der Waals surface area contributed by atoms with Gasteiger partial charge in [0.25, 0.3) is 5.91 Å². The smallest absolute Gasteiger partial charge is 0.262 e. The number of amides is 1. The molecule has 0 spiro atoms. The normalized spacial score (nSPS) is 16.1. The van der Waals surface area contributed by atoms with Crippen LogP contribution in [0.2, 0.25) is 0 Å². The lowest BCUT2D eigenvalue weighted by molar-refractivity contribution is -0.117. The van der Waals surface area contributed by atoms with Crippen molar-refractivity contribution < 1.29 is 14.3 Å². The van der Waals surface area contributed by atoms with Crippen LogP contribution in [0.1, 0.15) is 18.4 Å². The molecule has 1 aliphatic rings. The zero-order chi connectivity index (χ0) is 22.3. The molecule has 1 N–H and O–H groups in total. The number of aromatic nitrogens is 1. The van der Waals surface area contributed by atoms with Crippen molar-refractivity contribution in [2.24, 2.45) is 0 Å². The molecule has 1 aromatic heterocycles. The first-order valence-corrected chi connectivity index (χ1v) is 11.4. The molecule has 3 aromatic rings. The number of benzene rings is 2. The number of para-hydroxylation sites is 1. The van der Waals surface area contributed by atoms with Gasteiger partial charge in [-0.2, -0.15) is 5.26 Å². The maximum absolute atomic E-state index is 12.6. The molecule has 1 saturated heterocycles. The number of ether oxygens (including phenoxy) is 2. The van der Waals surface area contributed by atoms with Gasteiger partial charge >= 0.3 is 0 Å². The average molecular weight is 494 g/mol. The molecule has 0 aliphatic carbocycles. The van der Waals surface area contributed by atoms with Gasteiger partial charge in [0, 0.05) is 40.3 Å². The van der Waals surface area contributed by atoms with Crippen molar-refractivity contribution in [1.82, 2.24) is 9.88 Å². The molecule has 1 amide bonds. The summed E-state index contributed by atoms with van der Waals surface area (Å²) >= 11 is 3.52. The van der Waals surface area contributed by atoms with Crippen molar-refractivity contribution in [1.29, 1.82) is 5.26 Å². The molecule has 4 rings (SSSR count). The maximum atomic E-state index is 12.6. The summed E-state index contributed by atoms with van der Waals surface area (Å²) in [6.07, 6.45) is 5.56. The Hall–Kier alpha value is -3.08. The van der Waals surface area contributed by atoms with Crippen LogP contribution in [0.15, 0.2) is 64.8 Å². The van der Waals surface area contributed by atoms with E-state index < -0.39 is 0 Å². The van der Waals surface area contributed by atoms with Crippen LogP contribution in [0.3, 0.4) is 0 Å². The molecule has 1 fully saturated rings. The minimum Gasteiger partial charge on any atom is -0.492 e. The third-order valence-corrected chi connectivity index (χ3v) is 5.89. The van der Waals surface area contributed by atoms with E-state index in [0.717, 1.165) is 46.1 Å². The molecule has 0 bridgehead atoms. The molecule has 164 valence electrons. The number of hydrogen-bond donors (Lipinski definition) is 1. The zero-order valence-corrected chi connectivity index (χ0v) is 19.2. The van der Waals surface area contributed by atoms with Crippen molar-refractivity contribution in [2.75, 3.05) is 19.8 Å². The van der Waals surface area contributed by atoms with Crippen LogP contribution in [0.5, 0.6) is 5.75 Å². The Morgan fingerprint density at radius 2 is 2.16 bits per heavy atom.